The molecule has 1 aromatic rings. The van der Waals surface area contributed by atoms with Gasteiger partial charge in [-0.2, -0.15) is 0 Å². The zero-order valence-electron chi connectivity index (χ0n) is 8.99. The van der Waals surface area contributed by atoms with Crippen LogP contribution in [0.2, 0.25) is 0 Å². The molecule has 0 spiro atoms. The molecule has 15 heavy (non-hydrogen) atoms. The highest BCUT2D eigenvalue weighted by atomic mass is 16.6. The van der Waals surface area contributed by atoms with Crippen molar-refractivity contribution in [3.63, 3.8) is 0 Å². The quantitative estimate of drug-likeness (QED) is 0.726. The van der Waals surface area contributed by atoms with Gasteiger partial charge in [0.05, 0.1) is 12.6 Å². The SMILES string of the molecule is Cc1ccc(C(=O)NC(C)CON)cc1. The third-order valence-corrected chi connectivity index (χ3v) is 2.04. The summed E-state index contributed by atoms with van der Waals surface area (Å²) in [4.78, 5) is 16.1. The molecule has 1 aromatic carbocycles. The van der Waals surface area contributed by atoms with Crippen molar-refractivity contribution >= 4 is 5.91 Å². The highest BCUT2D eigenvalue weighted by Gasteiger charge is 2.08. The summed E-state index contributed by atoms with van der Waals surface area (Å²) in [5, 5.41) is 2.77. The molecule has 1 unspecified atom stereocenters. The number of aryl methyl sites for hydroxylation is 1. The molecule has 0 aliphatic carbocycles. The molecule has 1 amide bonds. The smallest absolute Gasteiger partial charge is 0.251 e. The van der Waals surface area contributed by atoms with Crippen LogP contribution in [0.3, 0.4) is 0 Å². The normalized spacial score (nSPS) is 12.2. The van der Waals surface area contributed by atoms with Gasteiger partial charge in [-0.15, -0.1) is 0 Å². The average Bonchev–Trinajstić information content (AvgIpc) is 2.18. The van der Waals surface area contributed by atoms with Gasteiger partial charge in [0.1, 0.15) is 0 Å². The Morgan fingerprint density at radius 3 is 2.60 bits per heavy atom. The van der Waals surface area contributed by atoms with E-state index in [-0.39, 0.29) is 11.9 Å². The molecule has 4 heteroatoms. The van der Waals surface area contributed by atoms with E-state index in [9.17, 15) is 4.79 Å². The minimum atomic E-state index is -0.112. The van der Waals surface area contributed by atoms with Gasteiger partial charge in [0.25, 0.3) is 5.91 Å². The monoisotopic (exact) mass is 208 g/mol. The Kier molecular flexibility index (Phi) is 4.27. The van der Waals surface area contributed by atoms with E-state index in [1.165, 1.54) is 0 Å². The summed E-state index contributed by atoms with van der Waals surface area (Å²) in [5.41, 5.74) is 1.77. The van der Waals surface area contributed by atoms with Gasteiger partial charge in [-0.3, -0.25) is 4.79 Å². The van der Waals surface area contributed by atoms with E-state index >= 15 is 0 Å². The maximum atomic E-state index is 11.6. The number of nitrogens with one attached hydrogen (secondary N) is 1. The Morgan fingerprint density at radius 1 is 1.47 bits per heavy atom. The van der Waals surface area contributed by atoms with Crippen molar-refractivity contribution in [2.24, 2.45) is 5.90 Å². The summed E-state index contributed by atoms with van der Waals surface area (Å²) in [5.74, 6) is 4.80. The predicted molar refractivity (Wildman–Crippen MR) is 58.2 cm³/mol. The largest absolute Gasteiger partial charge is 0.347 e. The highest BCUT2D eigenvalue weighted by molar-refractivity contribution is 5.94. The molecule has 0 aliphatic rings. The summed E-state index contributed by atoms with van der Waals surface area (Å²) in [7, 11) is 0. The standard InChI is InChI=1S/C11H16N2O2/c1-8-3-5-10(6-4-8)11(14)13-9(2)7-15-12/h3-6,9H,7,12H2,1-2H3,(H,13,14). The topological polar surface area (TPSA) is 64.3 Å². The molecule has 0 bridgehead atoms. The minimum absolute atomic E-state index is 0.0937. The zero-order chi connectivity index (χ0) is 11.3. The lowest BCUT2D eigenvalue weighted by Crippen LogP contribution is -2.36. The van der Waals surface area contributed by atoms with Crippen LogP contribution in [0.4, 0.5) is 0 Å². The lowest BCUT2D eigenvalue weighted by atomic mass is 10.1. The Morgan fingerprint density at radius 2 is 2.07 bits per heavy atom. The molecular formula is C11H16N2O2. The summed E-state index contributed by atoms with van der Waals surface area (Å²) in [6.07, 6.45) is 0. The van der Waals surface area contributed by atoms with Crippen LogP contribution in [0, 0.1) is 6.92 Å². The fourth-order valence-corrected chi connectivity index (χ4v) is 1.20. The molecular weight excluding hydrogens is 192 g/mol. The van der Waals surface area contributed by atoms with Crippen LogP contribution in [0.1, 0.15) is 22.8 Å². The van der Waals surface area contributed by atoms with Gasteiger partial charge in [0, 0.05) is 5.56 Å². The van der Waals surface area contributed by atoms with Gasteiger partial charge < -0.3 is 10.2 Å². The first kappa shape index (κ1) is 11.7. The van der Waals surface area contributed by atoms with Crippen molar-refractivity contribution in [1.82, 2.24) is 5.32 Å². The fourth-order valence-electron chi connectivity index (χ4n) is 1.20. The first-order valence-corrected chi connectivity index (χ1v) is 4.82. The third-order valence-electron chi connectivity index (χ3n) is 2.04. The second kappa shape index (κ2) is 5.48. The molecule has 1 rings (SSSR count). The molecule has 0 aromatic heterocycles. The average molecular weight is 208 g/mol. The summed E-state index contributed by atoms with van der Waals surface area (Å²) < 4.78 is 0. The Labute approximate surface area is 89.4 Å². The van der Waals surface area contributed by atoms with E-state index in [0.29, 0.717) is 12.2 Å². The van der Waals surface area contributed by atoms with Crippen molar-refractivity contribution in [3.8, 4) is 0 Å². The summed E-state index contributed by atoms with van der Waals surface area (Å²) in [6.45, 7) is 4.11. The molecule has 1 atom stereocenters. The van der Waals surface area contributed by atoms with E-state index < -0.39 is 0 Å². The summed E-state index contributed by atoms with van der Waals surface area (Å²) in [6, 6.07) is 7.29. The molecule has 0 saturated heterocycles. The third kappa shape index (κ3) is 3.69. The van der Waals surface area contributed by atoms with Crippen molar-refractivity contribution in [3.05, 3.63) is 35.4 Å². The van der Waals surface area contributed by atoms with Crippen LogP contribution in [-0.2, 0) is 4.84 Å². The molecule has 82 valence electrons. The lowest BCUT2D eigenvalue weighted by Gasteiger charge is -2.12. The van der Waals surface area contributed by atoms with Crippen molar-refractivity contribution in [1.29, 1.82) is 0 Å². The number of hydrogen-bond donors (Lipinski definition) is 2. The zero-order valence-corrected chi connectivity index (χ0v) is 8.99. The van der Waals surface area contributed by atoms with Crippen molar-refractivity contribution in [2.45, 2.75) is 19.9 Å². The van der Waals surface area contributed by atoms with Crippen LogP contribution in [-0.4, -0.2) is 18.6 Å². The number of benzene rings is 1. The van der Waals surface area contributed by atoms with E-state index in [1.807, 2.05) is 26.0 Å². The number of carbonyl (C=O) groups is 1. The molecule has 3 N–H and O–H groups in total. The molecule has 0 saturated carbocycles. The number of carbonyl (C=O) groups excluding carboxylic acids is 1. The molecule has 0 fully saturated rings. The number of rotatable bonds is 4. The Hall–Kier alpha value is -1.39. The molecule has 0 heterocycles. The van der Waals surface area contributed by atoms with Crippen LogP contribution in [0.25, 0.3) is 0 Å². The fraction of sp³-hybridized carbons (Fsp3) is 0.364. The van der Waals surface area contributed by atoms with Crippen molar-refractivity contribution < 1.29 is 9.63 Å². The van der Waals surface area contributed by atoms with Crippen LogP contribution >= 0.6 is 0 Å². The van der Waals surface area contributed by atoms with E-state index in [4.69, 9.17) is 5.90 Å². The first-order chi connectivity index (χ1) is 7.13. The minimum Gasteiger partial charge on any atom is -0.347 e. The van der Waals surface area contributed by atoms with Gasteiger partial charge >= 0.3 is 0 Å². The van der Waals surface area contributed by atoms with Gasteiger partial charge in [-0.1, -0.05) is 17.7 Å². The van der Waals surface area contributed by atoms with E-state index in [1.54, 1.807) is 12.1 Å². The second-order valence-electron chi connectivity index (χ2n) is 3.57. The van der Waals surface area contributed by atoms with Crippen LogP contribution in [0.5, 0.6) is 0 Å². The molecule has 4 nitrogen and oxygen atoms in total. The van der Waals surface area contributed by atoms with Gasteiger partial charge in [0.2, 0.25) is 0 Å². The maximum absolute atomic E-state index is 11.6. The number of amides is 1. The number of hydrogen-bond acceptors (Lipinski definition) is 3. The Bertz CT molecular complexity index is 322. The van der Waals surface area contributed by atoms with E-state index in [2.05, 4.69) is 10.2 Å². The maximum Gasteiger partial charge on any atom is 0.251 e. The van der Waals surface area contributed by atoms with E-state index in [0.717, 1.165) is 5.56 Å². The number of nitrogens with two attached hydrogens (primary N) is 1. The van der Waals surface area contributed by atoms with Crippen LogP contribution < -0.4 is 11.2 Å². The molecule has 0 aliphatic heterocycles. The first-order valence-electron chi connectivity index (χ1n) is 4.82. The predicted octanol–water partition coefficient (Wildman–Crippen LogP) is 1.00. The highest BCUT2D eigenvalue weighted by Crippen LogP contribution is 2.03. The van der Waals surface area contributed by atoms with Crippen molar-refractivity contribution in [2.75, 3.05) is 6.61 Å². The molecule has 0 radical (unpaired) electrons. The van der Waals surface area contributed by atoms with Crippen LogP contribution in [0.15, 0.2) is 24.3 Å². The summed E-state index contributed by atoms with van der Waals surface area (Å²) >= 11 is 0. The lowest BCUT2D eigenvalue weighted by molar-refractivity contribution is 0.0857. The van der Waals surface area contributed by atoms with Gasteiger partial charge in [-0.25, -0.2) is 5.90 Å². The van der Waals surface area contributed by atoms with Gasteiger partial charge in [-0.05, 0) is 26.0 Å². The Balaban J connectivity index is 2.57. The van der Waals surface area contributed by atoms with Gasteiger partial charge in [0.15, 0.2) is 0 Å². The second-order valence-corrected chi connectivity index (χ2v) is 3.57.